The molecule has 1 atom stereocenters. The van der Waals surface area contributed by atoms with Gasteiger partial charge in [-0.05, 0) is 79.1 Å². The summed E-state index contributed by atoms with van der Waals surface area (Å²) >= 11 is 7.24. The van der Waals surface area contributed by atoms with Crippen molar-refractivity contribution in [1.82, 2.24) is 0 Å². The van der Waals surface area contributed by atoms with Gasteiger partial charge in [0.2, 0.25) is 17.7 Å². The molecule has 4 rings (SSSR count). The summed E-state index contributed by atoms with van der Waals surface area (Å²) in [7, 11) is 0. The standard InChI is InChI=1S/C26H23ClN2O3S/c1-16-3-10-21(13-17(16)2)29-25(31)15-23(26(29)32)33-22-11-8-20(9-12-22)28-24(30)14-18-4-6-19(27)7-5-18/h3-13,23H,14-15H2,1-2H3,(H,28,30). The molecule has 1 fully saturated rings. The number of imide groups is 1. The van der Waals surface area contributed by atoms with Crippen LogP contribution in [-0.2, 0) is 20.8 Å². The van der Waals surface area contributed by atoms with E-state index in [1.165, 1.54) is 16.7 Å². The smallest absolute Gasteiger partial charge is 0.247 e. The SMILES string of the molecule is Cc1ccc(N2C(=O)CC(Sc3ccc(NC(=O)Cc4ccc(Cl)cc4)cc3)C2=O)cc1C. The number of anilines is 2. The number of carbonyl (C=O) groups is 3. The second-order valence-corrected chi connectivity index (χ2v) is 9.73. The molecule has 0 spiro atoms. The van der Waals surface area contributed by atoms with E-state index in [0.717, 1.165) is 21.6 Å². The molecule has 1 aliphatic heterocycles. The van der Waals surface area contributed by atoms with Crippen LogP contribution in [0.15, 0.2) is 71.6 Å². The number of halogens is 1. The molecule has 7 heteroatoms. The van der Waals surface area contributed by atoms with Crippen LogP contribution >= 0.6 is 23.4 Å². The number of benzene rings is 3. The number of carbonyl (C=O) groups excluding carboxylic acids is 3. The zero-order valence-corrected chi connectivity index (χ0v) is 19.9. The van der Waals surface area contributed by atoms with Crippen molar-refractivity contribution < 1.29 is 14.4 Å². The van der Waals surface area contributed by atoms with Crippen LogP contribution in [-0.4, -0.2) is 23.0 Å². The average molecular weight is 479 g/mol. The minimum atomic E-state index is -0.468. The van der Waals surface area contributed by atoms with Crippen LogP contribution in [0, 0.1) is 13.8 Å². The van der Waals surface area contributed by atoms with Crippen LogP contribution in [0.5, 0.6) is 0 Å². The second-order valence-electron chi connectivity index (χ2n) is 8.02. The third-order valence-electron chi connectivity index (χ3n) is 5.55. The van der Waals surface area contributed by atoms with Crippen LogP contribution in [0.1, 0.15) is 23.1 Å². The van der Waals surface area contributed by atoms with E-state index in [2.05, 4.69) is 5.32 Å². The molecule has 3 amide bonds. The molecule has 0 bridgehead atoms. The van der Waals surface area contributed by atoms with Crippen molar-refractivity contribution in [3.05, 3.63) is 88.4 Å². The lowest BCUT2D eigenvalue weighted by molar-refractivity contribution is -0.121. The summed E-state index contributed by atoms with van der Waals surface area (Å²) in [5.74, 6) is -0.515. The van der Waals surface area contributed by atoms with E-state index in [0.29, 0.717) is 16.4 Å². The van der Waals surface area contributed by atoms with Crippen molar-refractivity contribution in [1.29, 1.82) is 0 Å². The van der Waals surface area contributed by atoms with Crippen molar-refractivity contribution in [2.75, 3.05) is 10.2 Å². The molecule has 1 N–H and O–H groups in total. The predicted octanol–water partition coefficient (Wildman–Crippen LogP) is 5.56. The van der Waals surface area contributed by atoms with Crippen LogP contribution < -0.4 is 10.2 Å². The zero-order chi connectivity index (χ0) is 23.5. The van der Waals surface area contributed by atoms with E-state index < -0.39 is 5.25 Å². The van der Waals surface area contributed by atoms with Crippen LogP contribution in [0.25, 0.3) is 0 Å². The number of nitrogens with one attached hydrogen (secondary N) is 1. The molecule has 5 nitrogen and oxygen atoms in total. The third-order valence-corrected chi connectivity index (χ3v) is 7.00. The van der Waals surface area contributed by atoms with Gasteiger partial charge in [-0.3, -0.25) is 14.4 Å². The fourth-order valence-corrected chi connectivity index (χ4v) is 4.79. The fourth-order valence-electron chi connectivity index (χ4n) is 3.61. The maximum Gasteiger partial charge on any atom is 0.247 e. The molecule has 1 saturated heterocycles. The Labute approximate surface area is 202 Å². The Hall–Kier alpha value is -3.09. The topological polar surface area (TPSA) is 66.5 Å². The van der Waals surface area contributed by atoms with E-state index in [-0.39, 0.29) is 30.6 Å². The Morgan fingerprint density at radius 2 is 1.70 bits per heavy atom. The minimum absolute atomic E-state index is 0.127. The Bertz CT molecular complexity index is 1210. The summed E-state index contributed by atoms with van der Waals surface area (Å²) in [6.07, 6.45) is 0.413. The van der Waals surface area contributed by atoms with E-state index in [9.17, 15) is 14.4 Å². The number of hydrogen-bond donors (Lipinski definition) is 1. The Balaban J connectivity index is 1.37. The van der Waals surface area contributed by atoms with Crippen LogP contribution in [0.3, 0.4) is 0 Å². The third kappa shape index (κ3) is 5.46. The summed E-state index contributed by atoms with van der Waals surface area (Å²) in [6.45, 7) is 3.96. The number of thioether (sulfide) groups is 1. The molecule has 3 aromatic carbocycles. The lowest BCUT2D eigenvalue weighted by Gasteiger charge is -2.16. The quantitative estimate of drug-likeness (QED) is 0.471. The highest BCUT2D eigenvalue weighted by molar-refractivity contribution is 8.00. The molecule has 0 saturated carbocycles. The lowest BCUT2D eigenvalue weighted by atomic mass is 10.1. The number of nitrogens with zero attached hydrogens (tertiary/aromatic N) is 1. The number of rotatable bonds is 6. The number of amides is 3. The van der Waals surface area contributed by atoms with Gasteiger partial charge in [0.25, 0.3) is 0 Å². The Morgan fingerprint density at radius 1 is 1.00 bits per heavy atom. The predicted molar refractivity (Wildman–Crippen MR) is 133 cm³/mol. The minimum Gasteiger partial charge on any atom is -0.326 e. The first-order valence-corrected chi connectivity index (χ1v) is 11.8. The first-order chi connectivity index (χ1) is 15.8. The van der Waals surface area contributed by atoms with E-state index in [1.807, 2.05) is 56.3 Å². The largest absolute Gasteiger partial charge is 0.326 e. The zero-order valence-electron chi connectivity index (χ0n) is 18.3. The van der Waals surface area contributed by atoms with Gasteiger partial charge in [0.15, 0.2) is 0 Å². The maximum absolute atomic E-state index is 12.9. The monoisotopic (exact) mass is 478 g/mol. The normalized spacial score (nSPS) is 15.7. The molecule has 0 aromatic heterocycles. The van der Waals surface area contributed by atoms with E-state index in [1.54, 1.807) is 24.3 Å². The number of aryl methyl sites for hydroxylation is 2. The van der Waals surface area contributed by atoms with Gasteiger partial charge >= 0.3 is 0 Å². The van der Waals surface area contributed by atoms with Crippen molar-refractivity contribution in [2.24, 2.45) is 0 Å². The first kappa shape index (κ1) is 23.1. The average Bonchev–Trinajstić information content (AvgIpc) is 3.06. The van der Waals surface area contributed by atoms with Gasteiger partial charge in [0.1, 0.15) is 0 Å². The molecular formula is C26H23ClN2O3S. The molecule has 33 heavy (non-hydrogen) atoms. The Kier molecular flexibility index (Phi) is 6.86. The highest BCUT2D eigenvalue weighted by Gasteiger charge is 2.40. The van der Waals surface area contributed by atoms with Crippen molar-refractivity contribution in [3.8, 4) is 0 Å². The molecule has 1 aliphatic rings. The van der Waals surface area contributed by atoms with E-state index >= 15 is 0 Å². The molecule has 1 unspecified atom stereocenters. The van der Waals surface area contributed by atoms with Crippen molar-refractivity contribution in [2.45, 2.75) is 36.8 Å². The molecule has 1 heterocycles. The molecule has 0 radical (unpaired) electrons. The first-order valence-electron chi connectivity index (χ1n) is 10.6. The van der Waals surface area contributed by atoms with Crippen LogP contribution in [0.4, 0.5) is 11.4 Å². The molecule has 0 aliphatic carbocycles. The van der Waals surface area contributed by atoms with Gasteiger partial charge in [0, 0.05) is 22.0 Å². The van der Waals surface area contributed by atoms with Crippen LogP contribution in [0.2, 0.25) is 5.02 Å². The van der Waals surface area contributed by atoms with Gasteiger partial charge in [-0.2, -0.15) is 0 Å². The maximum atomic E-state index is 12.9. The summed E-state index contributed by atoms with van der Waals surface area (Å²) in [5, 5.41) is 3.03. The summed E-state index contributed by atoms with van der Waals surface area (Å²) in [5.41, 5.74) is 4.32. The van der Waals surface area contributed by atoms with Crippen molar-refractivity contribution in [3.63, 3.8) is 0 Å². The Morgan fingerprint density at radius 3 is 2.36 bits per heavy atom. The summed E-state index contributed by atoms with van der Waals surface area (Å²) < 4.78 is 0. The lowest BCUT2D eigenvalue weighted by Crippen LogP contribution is -2.31. The molecular weight excluding hydrogens is 456 g/mol. The second kappa shape index (κ2) is 9.81. The molecule has 3 aromatic rings. The molecule has 168 valence electrons. The summed E-state index contributed by atoms with van der Waals surface area (Å²) in [6, 6.07) is 20.1. The van der Waals surface area contributed by atoms with E-state index in [4.69, 9.17) is 11.6 Å². The van der Waals surface area contributed by atoms with Crippen molar-refractivity contribution >= 4 is 52.5 Å². The van der Waals surface area contributed by atoms with Gasteiger partial charge in [-0.25, -0.2) is 4.90 Å². The highest BCUT2D eigenvalue weighted by atomic mass is 35.5. The van der Waals surface area contributed by atoms with Gasteiger partial charge in [-0.1, -0.05) is 29.8 Å². The summed E-state index contributed by atoms with van der Waals surface area (Å²) in [4.78, 5) is 39.9. The van der Waals surface area contributed by atoms with Gasteiger partial charge in [0.05, 0.1) is 17.4 Å². The highest BCUT2D eigenvalue weighted by Crippen LogP contribution is 2.35. The number of hydrogen-bond acceptors (Lipinski definition) is 4. The van der Waals surface area contributed by atoms with Gasteiger partial charge < -0.3 is 5.32 Å². The fraction of sp³-hybridized carbons (Fsp3) is 0.192. The van der Waals surface area contributed by atoms with Gasteiger partial charge in [-0.15, -0.1) is 11.8 Å².